The van der Waals surface area contributed by atoms with E-state index in [0.717, 1.165) is 18.4 Å². The number of nitrogens with one attached hydrogen (secondary N) is 1. The molecule has 0 amide bonds. The number of hydrogen-bond acceptors (Lipinski definition) is 10. The van der Waals surface area contributed by atoms with Crippen LogP contribution in [0.15, 0.2) is 36.0 Å². The van der Waals surface area contributed by atoms with Gasteiger partial charge >= 0.3 is 17.9 Å². The van der Waals surface area contributed by atoms with Crippen molar-refractivity contribution in [1.29, 1.82) is 0 Å². The molecule has 10 unspecified atom stereocenters. The van der Waals surface area contributed by atoms with Crippen molar-refractivity contribution in [2.45, 2.75) is 123 Å². The largest absolute Gasteiger partial charge is 0.461 e. The number of aliphatic hydroxyl groups excluding tert-OH is 1. The summed E-state index contributed by atoms with van der Waals surface area (Å²) in [6, 6.07) is 0. The van der Waals surface area contributed by atoms with Crippen molar-refractivity contribution >= 4 is 17.9 Å². The first-order valence-electron chi connectivity index (χ1n) is 15.5. The van der Waals surface area contributed by atoms with Crippen LogP contribution in [0, 0.1) is 17.8 Å². The molecule has 43 heavy (non-hydrogen) atoms. The van der Waals surface area contributed by atoms with Gasteiger partial charge in [-0.25, -0.2) is 0 Å². The van der Waals surface area contributed by atoms with Crippen molar-refractivity contribution in [2.24, 2.45) is 17.8 Å². The zero-order valence-electron chi connectivity index (χ0n) is 27.1. The molecular weight excluding hydrogens is 554 g/mol. The molecule has 0 saturated carbocycles. The van der Waals surface area contributed by atoms with Crippen LogP contribution in [0.25, 0.3) is 0 Å². The number of esters is 3. The topological polar surface area (TPSA) is 144 Å². The predicted molar refractivity (Wildman–Crippen MR) is 163 cm³/mol. The summed E-state index contributed by atoms with van der Waals surface area (Å²) in [6.07, 6.45) is 8.41. The summed E-state index contributed by atoms with van der Waals surface area (Å²) in [6.45, 7) is 12.9. The van der Waals surface area contributed by atoms with E-state index in [0.29, 0.717) is 0 Å². The maximum atomic E-state index is 12.7. The van der Waals surface area contributed by atoms with Gasteiger partial charge in [0.1, 0.15) is 23.9 Å². The maximum Gasteiger partial charge on any atom is 0.320 e. The summed E-state index contributed by atoms with van der Waals surface area (Å²) < 4.78 is 22.8. The molecule has 2 heterocycles. The molecule has 3 N–H and O–H groups in total. The highest BCUT2D eigenvalue weighted by Gasteiger charge is 2.46. The lowest BCUT2D eigenvalue weighted by Gasteiger charge is -2.32. The van der Waals surface area contributed by atoms with Crippen LogP contribution in [-0.4, -0.2) is 83.9 Å². The molecule has 10 atom stereocenters. The summed E-state index contributed by atoms with van der Waals surface area (Å²) in [5.74, 6) is -1.29. The van der Waals surface area contributed by atoms with Crippen LogP contribution in [0.3, 0.4) is 0 Å². The van der Waals surface area contributed by atoms with Crippen molar-refractivity contribution in [3.63, 3.8) is 0 Å². The number of ether oxygens (including phenoxy) is 4. The number of epoxide rings is 1. The van der Waals surface area contributed by atoms with Gasteiger partial charge in [-0.2, -0.15) is 0 Å². The first-order valence-corrected chi connectivity index (χ1v) is 15.5. The molecule has 0 aromatic heterocycles. The van der Waals surface area contributed by atoms with Gasteiger partial charge in [0, 0.05) is 18.8 Å². The molecule has 0 bridgehead atoms. The SMILES string of the molecule is CCC(OC(=O)CNC)C(C)C1OC1CC(C)/C=C/C=C(\C)C1OC(=O)CC(O)CCC(C)(O)C(OC(C)=O)/C=C/C1C. The fourth-order valence-electron chi connectivity index (χ4n) is 5.50. The van der Waals surface area contributed by atoms with Gasteiger partial charge < -0.3 is 34.5 Å². The van der Waals surface area contributed by atoms with Gasteiger partial charge in [0.25, 0.3) is 0 Å². The summed E-state index contributed by atoms with van der Waals surface area (Å²) >= 11 is 0. The molecule has 0 aromatic carbocycles. The fraction of sp³-hybridized carbons (Fsp3) is 0.727. The van der Waals surface area contributed by atoms with Crippen LogP contribution in [0.2, 0.25) is 0 Å². The number of aliphatic hydroxyl groups is 2. The number of hydrogen-bond donors (Lipinski definition) is 3. The molecule has 0 radical (unpaired) electrons. The maximum absolute atomic E-state index is 12.7. The van der Waals surface area contributed by atoms with E-state index in [1.54, 1.807) is 26.1 Å². The summed E-state index contributed by atoms with van der Waals surface area (Å²) in [4.78, 5) is 36.3. The van der Waals surface area contributed by atoms with E-state index in [9.17, 15) is 24.6 Å². The molecule has 2 rings (SSSR count). The number of cyclic esters (lactones) is 1. The molecule has 2 aliphatic heterocycles. The molecule has 10 nitrogen and oxygen atoms in total. The molecular formula is C33H53NO9. The monoisotopic (exact) mass is 607 g/mol. The third-order valence-corrected chi connectivity index (χ3v) is 8.20. The number of carbonyl (C=O) groups is 3. The van der Waals surface area contributed by atoms with Gasteiger partial charge in [0.2, 0.25) is 0 Å². The number of carbonyl (C=O) groups excluding carboxylic acids is 3. The second-order valence-electron chi connectivity index (χ2n) is 12.4. The highest BCUT2D eigenvalue weighted by molar-refractivity contribution is 5.72. The third-order valence-electron chi connectivity index (χ3n) is 8.20. The molecule has 0 aromatic rings. The smallest absolute Gasteiger partial charge is 0.320 e. The second kappa shape index (κ2) is 17.1. The number of allylic oxidation sites excluding steroid dienone is 3. The Kier molecular flexibility index (Phi) is 14.6. The summed E-state index contributed by atoms with van der Waals surface area (Å²) in [7, 11) is 1.71. The van der Waals surface area contributed by atoms with Crippen molar-refractivity contribution < 1.29 is 43.5 Å². The minimum absolute atomic E-state index is 0.0515. The third kappa shape index (κ3) is 12.2. The van der Waals surface area contributed by atoms with E-state index < -0.39 is 35.9 Å². The highest BCUT2D eigenvalue weighted by Crippen LogP contribution is 2.37. The van der Waals surface area contributed by atoms with E-state index in [2.05, 4.69) is 25.2 Å². The number of likely N-dealkylation sites (N-methyl/N-ethyl adjacent to an activating group) is 1. The van der Waals surface area contributed by atoms with E-state index in [-0.39, 0.29) is 67.8 Å². The Morgan fingerprint density at radius 1 is 1.26 bits per heavy atom. The average molecular weight is 608 g/mol. The molecule has 10 heteroatoms. The Morgan fingerprint density at radius 2 is 1.95 bits per heavy atom. The van der Waals surface area contributed by atoms with E-state index in [4.69, 9.17) is 18.9 Å². The predicted octanol–water partition coefficient (Wildman–Crippen LogP) is 3.79. The van der Waals surface area contributed by atoms with Crippen LogP contribution < -0.4 is 5.32 Å². The van der Waals surface area contributed by atoms with Gasteiger partial charge in [-0.1, -0.05) is 52.0 Å². The second-order valence-corrected chi connectivity index (χ2v) is 12.4. The van der Waals surface area contributed by atoms with Crippen molar-refractivity contribution in [2.75, 3.05) is 13.6 Å². The quantitative estimate of drug-likeness (QED) is 0.0985. The molecule has 0 aliphatic carbocycles. The van der Waals surface area contributed by atoms with Crippen LogP contribution in [0.1, 0.15) is 80.6 Å². The normalized spacial score (nSPS) is 33.3. The van der Waals surface area contributed by atoms with Crippen molar-refractivity contribution in [3.05, 3.63) is 36.0 Å². The fourth-order valence-corrected chi connectivity index (χ4v) is 5.50. The van der Waals surface area contributed by atoms with Gasteiger partial charge in [-0.05, 0) is 64.1 Å². The minimum atomic E-state index is -1.41. The van der Waals surface area contributed by atoms with E-state index >= 15 is 0 Å². The van der Waals surface area contributed by atoms with Crippen LogP contribution in [-0.2, 0) is 33.3 Å². The van der Waals surface area contributed by atoms with Crippen molar-refractivity contribution in [3.8, 4) is 0 Å². The molecule has 1 fully saturated rings. The Bertz CT molecular complexity index is 1020. The Balaban J connectivity index is 2.07. The number of rotatable bonds is 12. The Labute approximate surface area is 256 Å². The first-order chi connectivity index (χ1) is 20.2. The van der Waals surface area contributed by atoms with Gasteiger partial charge in [0.05, 0.1) is 31.3 Å². The van der Waals surface area contributed by atoms with E-state index in [1.165, 1.54) is 6.92 Å². The summed E-state index contributed by atoms with van der Waals surface area (Å²) in [5.41, 5.74) is -0.610. The highest BCUT2D eigenvalue weighted by atomic mass is 16.6. The molecule has 2 aliphatic rings. The van der Waals surface area contributed by atoms with Gasteiger partial charge in [-0.15, -0.1) is 0 Å². The lowest BCUT2D eigenvalue weighted by atomic mass is 9.88. The van der Waals surface area contributed by atoms with Gasteiger partial charge in [0.15, 0.2) is 0 Å². The Hall–Kier alpha value is -2.53. The van der Waals surface area contributed by atoms with Crippen LogP contribution >= 0.6 is 0 Å². The zero-order chi connectivity index (χ0) is 32.3. The lowest BCUT2D eigenvalue weighted by Crippen LogP contribution is -2.42. The summed E-state index contributed by atoms with van der Waals surface area (Å²) in [5, 5.41) is 24.2. The first kappa shape index (κ1) is 36.7. The standard InChI is InChI=1S/C33H53NO9/c1-9-26(41-30(38)19-34-8)23(5)32-27(42-32)17-20(2)11-10-12-21(3)31-22(4)13-14-28(40-24(6)35)33(7,39)16-15-25(36)18-29(37)43-31/h10-14,20,22-23,25-28,31-32,34,36,39H,9,15-19H2,1-8H3/b11-10+,14-13+,21-12+. The average Bonchev–Trinajstić information content (AvgIpc) is 3.69. The van der Waals surface area contributed by atoms with Crippen molar-refractivity contribution in [1.82, 2.24) is 5.32 Å². The van der Waals surface area contributed by atoms with Gasteiger partial charge in [-0.3, -0.25) is 14.4 Å². The molecule has 1 saturated heterocycles. The minimum Gasteiger partial charge on any atom is -0.461 e. The lowest BCUT2D eigenvalue weighted by molar-refractivity contribution is -0.157. The molecule has 0 spiro atoms. The van der Waals surface area contributed by atoms with E-state index in [1.807, 2.05) is 32.9 Å². The zero-order valence-corrected chi connectivity index (χ0v) is 27.1. The van der Waals surface area contributed by atoms with Crippen LogP contribution in [0.5, 0.6) is 0 Å². The molecule has 244 valence electrons. The Morgan fingerprint density at radius 3 is 2.58 bits per heavy atom. The van der Waals surface area contributed by atoms with Crippen LogP contribution in [0.4, 0.5) is 0 Å².